The Balaban J connectivity index is 2.57. The number of benzene rings is 1. The first-order valence-electron chi connectivity index (χ1n) is 6.94. The molecule has 0 heterocycles. The maximum atomic E-state index is 12.0. The van der Waals surface area contributed by atoms with Crippen molar-refractivity contribution in [3.63, 3.8) is 0 Å². The highest BCUT2D eigenvalue weighted by atomic mass is 35.5. The van der Waals surface area contributed by atoms with Gasteiger partial charge in [0.1, 0.15) is 5.02 Å². The van der Waals surface area contributed by atoms with Gasteiger partial charge in [-0.25, -0.2) is 0 Å². The van der Waals surface area contributed by atoms with E-state index in [0.717, 1.165) is 26.1 Å². The van der Waals surface area contributed by atoms with Crippen molar-refractivity contribution in [3.05, 3.63) is 38.9 Å². The lowest BCUT2D eigenvalue weighted by atomic mass is 10.2. The van der Waals surface area contributed by atoms with Gasteiger partial charge in [0.25, 0.3) is 11.6 Å². The summed E-state index contributed by atoms with van der Waals surface area (Å²) in [6, 6.07) is 4.21. The molecular formula is C14H20ClN3O3. The van der Waals surface area contributed by atoms with Gasteiger partial charge in [0.15, 0.2) is 0 Å². The number of hydrogen-bond donors (Lipinski definition) is 1. The summed E-state index contributed by atoms with van der Waals surface area (Å²) >= 11 is 5.90. The summed E-state index contributed by atoms with van der Waals surface area (Å²) in [4.78, 5) is 24.4. The molecule has 0 radical (unpaired) electrons. The number of nitrogens with zero attached hydrogens (tertiary/aromatic N) is 2. The molecule has 0 atom stereocenters. The quantitative estimate of drug-likeness (QED) is 0.455. The molecule has 1 N–H and O–H groups in total. The molecule has 7 heteroatoms. The van der Waals surface area contributed by atoms with Gasteiger partial charge in [-0.05, 0) is 32.1 Å². The first-order valence-corrected chi connectivity index (χ1v) is 7.32. The van der Waals surface area contributed by atoms with Crippen LogP contribution in [0.25, 0.3) is 0 Å². The number of carbonyl (C=O) groups is 1. The maximum absolute atomic E-state index is 12.0. The minimum absolute atomic E-state index is 0.122. The lowest BCUT2D eigenvalue weighted by Gasteiger charge is -2.17. The van der Waals surface area contributed by atoms with Gasteiger partial charge < -0.3 is 10.2 Å². The van der Waals surface area contributed by atoms with E-state index in [2.05, 4.69) is 24.1 Å². The highest BCUT2D eigenvalue weighted by molar-refractivity contribution is 6.35. The summed E-state index contributed by atoms with van der Waals surface area (Å²) in [6.07, 6.45) is 0.819. The summed E-state index contributed by atoms with van der Waals surface area (Å²) in [7, 11) is 0. The van der Waals surface area contributed by atoms with Crippen LogP contribution in [0.5, 0.6) is 0 Å². The Morgan fingerprint density at radius 2 is 2.05 bits per heavy atom. The molecule has 0 aliphatic rings. The van der Waals surface area contributed by atoms with Crippen molar-refractivity contribution in [2.45, 2.75) is 20.3 Å². The molecule has 1 amide bonds. The van der Waals surface area contributed by atoms with E-state index in [0.29, 0.717) is 6.54 Å². The van der Waals surface area contributed by atoms with Gasteiger partial charge in [0.05, 0.1) is 10.5 Å². The molecule has 116 valence electrons. The number of hydrogen-bond acceptors (Lipinski definition) is 4. The lowest BCUT2D eigenvalue weighted by molar-refractivity contribution is -0.384. The van der Waals surface area contributed by atoms with E-state index < -0.39 is 4.92 Å². The number of nitro groups is 1. The van der Waals surface area contributed by atoms with E-state index in [4.69, 9.17) is 11.6 Å². The van der Waals surface area contributed by atoms with Crippen LogP contribution in [0.2, 0.25) is 5.02 Å². The summed E-state index contributed by atoms with van der Waals surface area (Å²) in [5, 5.41) is 13.4. The number of rotatable bonds is 8. The predicted octanol–water partition coefficient (Wildman–Crippen LogP) is 2.71. The van der Waals surface area contributed by atoms with Crippen LogP contribution in [0.1, 0.15) is 30.6 Å². The minimum Gasteiger partial charge on any atom is -0.352 e. The fraction of sp³-hybridized carbons (Fsp3) is 0.500. The second-order valence-corrected chi connectivity index (χ2v) is 4.91. The van der Waals surface area contributed by atoms with Crippen LogP contribution in [0, 0.1) is 10.1 Å². The van der Waals surface area contributed by atoms with Gasteiger partial charge >= 0.3 is 0 Å². The Morgan fingerprint density at radius 3 is 2.62 bits per heavy atom. The SMILES string of the molecule is CCN(CC)CCCNC(=O)c1cccc([N+](=O)[O-])c1Cl. The predicted molar refractivity (Wildman–Crippen MR) is 82.8 cm³/mol. The number of amides is 1. The van der Waals surface area contributed by atoms with E-state index in [1.807, 2.05) is 0 Å². The van der Waals surface area contributed by atoms with Crippen molar-refractivity contribution in [3.8, 4) is 0 Å². The Bertz CT molecular complexity index is 504. The smallest absolute Gasteiger partial charge is 0.288 e. The molecule has 0 bridgehead atoms. The third kappa shape index (κ3) is 4.99. The maximum Gasteiger partial charge on any atom is 0.288 e. The van der Waals surface area contributed by atoms with E-state index >= 15 is 0 Å². The summed E-state index contributed by atoms with van der Waals surface area (Å²) in [5.41, 5.74) is -0.124. The Kier molecular flexibility index (Phi) is 7.11. The number of carbonyl (C=O) groups excluding carboxylic acids is 1. The molecule has 0 unspecified atom stereocenters. The Labute approximate surface area is 129 Å². The molecule has 1 aromatic carbocycles. The largest absolute Gasteiger partial charge is 0.352 e. The standard InChI is InChI=1S/C14H20ClN3O3/c1-3-17(4-2)10-6-9-16-14(19)11-7-5-8-12(13(11)15)18(20)21/h5,7-8H,3-4,6,9-10H2,1-2H3,(H,16,19). The van der Waals surface area contributed by atoms with Crippen molar-refractivity contribution in [1.82, 2.24) is 10.2 Å². The molecule has 0 aromatic heterocycles. The van der Waals surface area contributed by atoms with Gasteiger partial charge in [-0.2, -0.15) is 0 Å². The summed E-state index contributed by atoms with van der Waals surface area (Å²) in [5.74, 6) is -0.386. The molecule has 1 aromatic rings. The molecule has 0 fully saturated rings. The van der Waals surface area contributed by atoms with Gasteiger partial charge in [-0.3, -0.25) is 14.9 Å². The van der Waals surface area contributed by atoms with Gasteiger partial charge in [-0.15, -0.1) is 0 Å². The average molecular weight is 314 g/mol. The molecule has 6 nitrogen and oxygen atoms in total. The van der Waals surface area contributed by atoms with Crippen molar-refractivity contribution >= 4 is 23.2 Å². The summed E-state index contributed by atoms with van der Waals surface area (Å²) < 4.78 is 0. The van der Waals surface area contributed by atoms with Crippen LogP contribution in [0.15, 0.2) is 18.2 Å². The van der Waals surface area contributed by atoms with Crippen molar-refractivity contribution < 1.29 is 9.72 Å². The molecule has 1 rings (SSSR count). The Morgan fingerprint density at radius 1 is 1.38 bits per heavy atom. The molecule has 0 spiro atoms. The van der Waals surface area contributed by atoms with Gasteiger partial charge in [0.2, 0.25) is 0 Å². The zero-order valence-electron chi connectivity index (χ0n) is 12.3. The van der Waals surface area contributed by atoms with Gasteiger partial charge in [0, 0.05) is 12.6 Å². The number of nitrogens with one attached hydrogen (secondary N) is 1. The molecule has 0 aliphatic heterocycles. The molecule has 0 saturated carbocycles. The van der Waals surface area contributed by atoms with Crippen LogP contribution >= 0.6 is 11.6 Å². The van der Waals surface area contributed by atoms with Crippen LogP contribution in [0.4, 0.5) is 5.69 Å². The lowest BCUT2D eigenvalue weighted by Crippen LogP contribution is -2.30. The third-order valence-electron chi connectivity index (χ3n) is 3.25. The van der Waals surface area contributed by atoms with Crippen molar-refractivity contribution in [1.29, 1.82) is 0 Å². The van der Waals surface area contributed by atoms with E-state index in [9.17, 15) is 14.9 Å². The topological polar surface area (TPSA) is 75.5 Å². The normalized spacial score (nSPS) is 10.7. The first-order chi connectivity index (χ1) is 10.0. The van der Waals surface area contributed by atoms with Crippen molar-refractivity contribution in [2.24, 2.45) is 0 Å². The van der Waals surface area contributed by atoms with Crippen molar-refractivity contribution in [2.75, 3.05) is 26.2 Å². The second-order valence-electron chi connectivity index (χ2n) is 4.53. The molecule has 21 heavy (non-hydrogen) atoms. The highest BCUT2D eigenvalue weighted by Gasteiger charge is 2.19. The van der Waals surface area contributed by atoms with Gasteiger partial charge in [-0.1, -0.05) is 31.5 Å². The fourth-order valence-electron chi connectivity index (χ4n) is 1.98. The number of halogens is 1. The van der Waals surface area contributed by atoms with E-state index in [1.165, 1.54) is 18.2 Å². The molecule has 0 aliphatic carbocycles. The molecular weight excluding hydrogens is 294 g/mol. The monoisotopic (exact) mass is 313 g/mol. The second kappa shape index (κ2) is 8.59. The Hall–Kier alpha value is -1.66. The van der Waals surface area contributed by atoms with Crippen LogP contribution < -0.4 is 5.32 Å². The first kappa shape index (κ1) is 17.4. The summed E-state index contributed by atoms with van der Waals surface area (Å²) in [6.45, 7) is 7.53. The zero-order valence-corrected chi connectivity index (χ0v) is 13.0. The van der Waals surface area contributed by atoms with Crippen LogP contribution in [-0.2, 0) is 0 Å². The van der Waals surface area contributed by atoms with E-state index in [-0.39, 0.29) is 22.2 Å². The van der Waals surface area contributed by atoms with E-state index in [1.54, 1.807) is 0 Å². The minimum atomic E-state index is -0.598. The molecule has 0 saturated heterocycles. The number of nitro benzene ring substituents is 1. The van der Waals surface area contributed by atoms with Crippen LogP contribution in [0.3, 0.4) is 0 Å². The third-order valence-corrected chi connectivity index (χ3v) is 3.65. The fourth-order valence-corrected chi connectivity index (χ4v) is 2.26. The highest BCUT2D eigenvalue weighted by Crippen LogP contribution is 2.27. The van der Waals surface area contributed by atoms with Crippen LogP contribution in [-0.4, -0.2) is 41.9 Å². The zero-order chi connectivity index (χ0) is 15.8. The average Bonchev–Trinajstić information content (AvgIpc) is 2.47.